The number of rotatable bonds is 13. The summed E-state index contributed by atoms with van der Waals surface area (Å²) in [5.41, 5.74) is 15.3. The Morgan fingerprint density at radius 1 is 0.722 bits per heavy atom. The largest absolute Gasteiger partial charge is 0.490 e. The summed E-state index contributed by atoms with van der Waals surface area (Å²) in [6, 6.07) is 37.2. The maximum atomic E-state index is 13.5. The Hall–Kier alpha value is -6.54. The first-order valence-electron chi connectivity index (χ1n) is 16.1. The number of carbonyl (C=O) groups excluding carboxylic acids is 2. The van der Waals surface area contributed by atoms with Gasteiger partial charge in [-0.25, -0.2) is 9.79 Å². The number of alkyl halides is 3. The molecule has 0 bridgehead atoms. The van der Waals surface area contributed by atoms with E-state index >= 15 is 0 Å². The molecule has 1 atom stereocenters. The van der Waals surface area contributed by atoms with Crippen LogP contribution >= 0.6 is 11.6 Å². The van der Waals surface area contributed by atoms with Gasteiger partial charge in [0.2, 0.25) is 5.91 Å². The number of halogens is 4. The normalized spacial score (nSPS) is 11.2. The van der Waals surface area contributed by atoms with E-state index in [0.717, 1.165) is 16.7 Å². The summed E-state index contributed by atoms with van der Waals surface area (Å²) in [7, 11) is 0. The molecule has 0 aliphatic carbocycles. The van der Waals surface area contributed by atoms with E-state index in [1.807, 2.05) is 54.6 Å². The van der Waals surface area contributed by atoms with E-state index in [9.17, 15) is 22.8 Å². The number of hydrogen-bond acceptors (Lipinski definition) is 6. The summed E-state index contributed by atoms with van der Waals surface area (Å²) in [5.74, 6) is -2.36. The van der Waals surface area contributed by atoms with Crippen LogP contribution < -0.4 is 31.6 Å². The zero-order valence-corrected chi connectivity index (χ0v) is 29.2. The summed E-state index contributed by atoms with van der Waals surface area (Å²) in [6.07, 6.45) is -5.08. The van der Waals surface area contributed by atoms with Crippen LogP contribution in [0.3, 0.4) is 0 Å². The van der Waals surface area contributed by atoms with Crippen molar-refractivity contribution in [2.75, 3.05) is 0 Å². The van der Waals surface area contributed by atoms with Crippen LogP contribution in [0.15, 0.2) is 132 Å². The van der Waals surface area contributed by atoms with Crippen LogP contribution in [0.1, 0.15) is 38.7 Å². The van der Waals surface area contributed by atoms with Crippen LogP contribution in [0.4, 0.5) is 18.9 Å². The van der Waals surface area contributed by atoms with Crippen LogP contribution in [0.5, 0.6) is 11.5 Å². The van der Waals surface area contributed by atoms with Gasteiger partial charge in [-0.15, -0.1) is 0 Å². The molecule has 5 aromatic carbocycles. The zero-order valence-electron chi connectivity index (χ0n) is 28.4. The van der Waals surface area contributed by atoms with Gasteiger partial charge in [-0.05, 0) is 82.9 Å². The minimum atomic E-state index is -5.08. The summed E-state index contributed by atoms with van der Waals surface area (Å²) in [5, 5.41) is 13.6. The third-order valence-corrected chi connectivity index (χ3v) is 7.59. The topological polar surface area (TPSA) is 178 Å². The molecule has 0 heterocycles. The molecule has 0 aromatic heterocycles. The second-order valence-corrected chi connectivity index (χ2v) is 11.8. The molecule has 5 rings (SSSR count). The average molecular weight is 762 g/mol. The molecule has 7 N–H and O–H groups in total. The van der Waals surface area contributed by atoms with Crippen molar-refractivity contribution in [2.45, 2.75) is 32.0 Å². The van der Waals surface area contributed by atoms with Gasteiger partial charge in [-0.1, -0.05) is 78.3 Å². The van der Waals surface area contributed by atoms with Gasteiger partial charge in [0.25, 0.3) is 5.91 Å². The Morgan fingerprint density at radius 3 is 1.74 bits per heavy atom. The first-order chi connectivity index (χ1) is 25.8. The molecule has 0 fully saturated rings. The predicted molar refractivity (Wildman–Crippen MR) is 197 cm³/mol. The lowest BCUT2D eigenvalue weighted by atomic mass is 10.0. The van der Waals surface area contributed by atoms with Gasteiger partial charge in [0.05, 0.1) is 5.69 Å². The van der Waals surface area contributed by atoms with E-state index < -0.39 is 24.1 Å². The number of carbonyl (C=O) groups is 3. The Balaban J connectivity index is 0.000000845. The van der Waals surface area contributed by atoms with Crippen LogP contribution in [0, 0.1) is 0 Å². The van der Waals surface area contributed by atoms with E-state index in [1.54, 1.807) is 72.8 Å². The first-order valence-corrected chi connectivity index (χ1v) is 16.5. The highest BCUT2D eigenvalue weighted by molar-refractivity contribution is 6.30. The average Bonchev–Trinajstić information content (AvgIpc) is 3.16. The van der Waals surface area contributed by atoms with E-state index in [2.05, 4.69) is 15.6 Å². The van der Waals surface area contributed by atoms with Gasteiger partial charge in [-0.3, -0.25) is 9.59 Å². The Kier molecular flexibility index (Phi) is 14.4. The monoisotopic (exact) mass is 761 g/mol. The molecule has 15 heteroatoms. The predicted octanol–water partition coefficient (Wildman–Crippen LogP) is 6.82. The molecule has 0 aliphatic heterocycles. The molecule has 0 saturated heterocycles. The molecular weight excluding hydrogens is 727 g/mol. The summed E-state index contributed by atoms with van der Waals surface area (Å²) >= 11 is 5.96. The molecule has 0 aliphatic rings. The Bertz CT molecular complexity index is 2010. The fourth-order valence-corrected chi connectivity index (χ4v) is 4.72. The minimum Gasteiger partial charge on any atom is -0.489 e. The summed E-state index contributed by atoms with van der Waals surface area (Å²) in [4.78, 5) is 39.8. The number of benzene rings is 5. The number of nitrogens with zero attached hydrogens (tertiary/aromatic N) is 1. The highest BCUT2D eigenvalue weighted by atomic mass is 35.5. The van der Waals surface area contributed by atoms with E-state index in [-0.39, 0.29) is 18.4 Å². The number of guanidine groups is 1. The highest BCUT2D eigenvalue weighted by Crippen LogP contribution is 2.22. The molecule has 5 aromatic rings. The van der Waals surface area contributed by atoms with E-state index in [4.69, 9.17) is 42.4 Å². The second-order valence-electron chi connectivity index (χ2n) is 11.4. The summed E-state index contributed by atoms with van der Waals surface area (Å²) in [6.45, 7) is 0.987. The fraction of sp³-hybridized carbons (Fsp3) is 0.128. The van der Waals surface area contributed by atoms with E-state index in [1.165, 1.54) is 0 Å². The Labute approximate surface area is 313 Å². The number of hydrogen-bond donors (Lipinski definition) is 5. The molecule has 0 unspecified atom stereocenters. The van der Waals surface area contributed by atoms with Crippen LogP contribution in [-0.4, -0.2) is 35.0 Å². The lowest BCUT2D eigenvalue weighted by Crippen LogP contribution is -2.40. The number of nitrogens with two attached hydrogens (primary N) is 2. The number of ether oxygens (including phenoxy) is 2. The van der Waals surface area contributed by atoms with Crippen molar-refractivity contribution in [1.29, 1.82) is 0 Å². The maximum absolute atomic E-state index is 13.5. The number of carboxylic acid groups (broad SMARTS) is 1. The number of carboxylic acids is 1. The van der Waals surface area contributed by atoms with Crippen LogP contribution in [-0.2, 0) is 29.3 Å². The molecule has 280 valence electrons. The first kappa shape index (κ1) is 40.2. The van der Waals surface area contributed by atoms with Gasteiger partial charge >= 0.3 is 12.1 Å². The van der Waals surface area contributed by atoms with Crippen molar-refractivity contribution in [1.82, 2.24) is 10.6 Å². The molecule has 2 amide bonds. The lowest BCUT2D eigenvalue weighted by Gasteiger charge is -2.20. The summed E-state index contributed by atoms with van der Waals surface area (Å²) < 4.78 is 43.5. The van der Waals surface area contributed by atoms with Gasteiger partial charge in [0.1, 0.15) is 30.8 Å². The molecular formula is C39H35ClF3N5O6. The molecule has 54 heavy (non-hydrogen) atoms. The fourth-order valence-electron chi connectivity index (χ4n) is 4.59. The number of aliphatic imine (C=N–C) groups is 1. The van der Waals surface area contributed by atoms with Crippen molar-refractivity contribution >= 4 is 41.0 Å². The third kappa shape index (κ3) is 13.2. The van der Waals surface area contributed by atoms with Crippen molar-refractivity contribution in [3.05, 3.63) is 160 Å². The Morgan fingerprint density at radius 2 is 1.22 bits per heavy atom. The molecule has 0 spiro atoms. The smallest absolute Gasteiger partial charge is 0.489 e. The quantitative estimate of drug-likeness (QED) is 0.0641. The van der Waals surface area contributed by atoms with Gasteiger partial charge < -0.3 is 36.7 Å². The SMILES string of the molecule is NC(N)=Nc1ccc(CNC(=O)[C@@H](NC(=O)c2ccc(OCc3ccc(Cl)cc3)cc2)c2ccc(OCc3ccccc3)cc2)cc1.O=C(O)C(F)(F)F. The second kappa shape index (κ2) is 19.3. The maximum Gasteiger partial charge on any atom is 0.490 e. The zero-order chi connectivity index (χ0) is 39.1. The van der Waals surface area contributed by atoms with E-state index in [0.29, 0.717) is 46.5 Å². The van der Waals surface area contributed by atoms with Gasteiger partial charge in [-0.2, -0.15) is 13.2 Å². The molecule has 11 nitrogen and oxygen atoms in total. The van der Waals surface area contributed by atoms with Crippen LogP contribution in [0.2, 0.25) is 5.02 Å². The molecule has 0 saturated carbocycles. The highest BCUT2D eigenvalue weighted by Gasteiger charge is 2.38. The lowest BCUT2D eigenvalue weighted by molar-refractivity contribution is -0.192. The van der Waals surface area contributed by atoms with Crippen molar-refractivity contribution in [3.8, 4) is 11.5 Å². The standard InChI is InChI=1S/C37H34ClN5O4.C2HF3O2/c38-30-14-6-27(7-15-30)24-47-33-20-12-29(13-21-33)35(44)43-34(36(45)41-22-25-8-16-31(17-9-25)42-37(39)40)28-10-18-32(19-11-28)46-23-26-4-2-1-3-5-26;3-2(4,5)1(6)7/h1-21,34H,22-24H2,(H,41,45)(H,43,44)(H4,39,40,42);(H,6,7)/t34-;/m0./s1. The van der Waals surface area contributed by atoms with Crippen molar-refractivity contribution in [3.63, 3.8) is 0 Å². The number of aliphatic carboxylic acids is 1. The van der Waals surface area contributed by atoms with Crippen LogP contribution in [0.25, 0.3) is 0 Å². The van der Waals surface area contributed by atoms with Gasteiger partial charge in [0, 0.05) is 17.1 Å². The number of nitrogens with one attached hydrogen (secondary N) is 2. The third-order valence-electron chi connectivity index (χ3n) is 7.34. The molecule has 0 radical (unpaired) electrons. The van der Waals surface area contributed by atoms with Crippen molar-refractivity contribution < 1.29 is 42.1 Å². The number of amides is 2. The minimum absolute atomic E-state index is 0.0405. The van der Waals surface area contributed by atoms with Crippen molar-refractivity contribution in [2.24, 2.45) is 16.5 Å². The van der Waals surface area contributed by atoms with Gasteiger partial charge in [0.15, 0.2) is 5.96 Å².